The van der Waals surface area contributed by atoms with Crippen molar-refractivity contribution >= 4 is 41.5 Å². The molecule has 0 aromatic carbocycles. The number of thioether (sulfide) groups is 2. The summed E-state index contributed by atoms with van der Waals surface area (Å²) in [4.78, 5) is 29.3. The molecule has 0 saturated carbocycles. The topological polar surface area (TPSA) is 96.5 Å². The number of aromatic nitrogens is 1. The Morgan fingerprint density at radius 2 is 2.39 bits per heavy atom. The van der Waals surface area contributed by atoms with E-state index in [9.17, 15) is 14.7 Å². The average Bonchev–Trinajstić information content (AvgIpc) is 2.55. The Kier molecular flexibility index (Phi) is 4.39. The molecular weight excluding hydrogens is 334 g/mol. The number of carboxylic acid groups (broad SMARTS) is 1. The van der Waals surface area contributed by atoms with Gasteiger partial charge in [0, 0.05) is 24.2 Å². The Bertz CT molecular complexity index is 664. The molecular formula is C15H17N3O3S2. The number of amides is 1. The highest BCUT2D eigenvalue weighted by molar-refractivity contribution is 8.06. The summed E-state index contributed by atoms with van der Waals surface area (Å²) < 4.78 is -1.04. The third-order valence-electron chi connectivity index (χ3n) is 3.97. The molecule has 122 valence electrons. The zero-order valence-corrected chi connectivity index (χ0v) is 14.1. The molecule has 2 fully saturated rings. The molecule has 1 amide bonds. The fraction of sp³-hybridized carbons (Fsp3) is 0.400. The van der Waals surface area contributed by atoms with Gasteiger partial charge in [0.1, 0.15) is 16.2 Å². The number of aryl methyl sites for hydroxylation is 1. The number of aliphatic carboxylic acids is 1. The second-order valence-corrected chi connectivity index (χ2v) is 8.04. The normalized spacial score (nSPS) is 30.2. The summed E-state index contributed by atoms with van der Waals surface area (Å²) in [6.07, 6.45) is 3.58. The highest BCUT2D eigenvalue weighted by Crippen LogP contribution is 2.43. The van der Waals surface area contributed by atoms with Crippen molar-refractivity contribution in [2.24, 2.45) is 5.73 Å². The molecule has 1 aromatic rings. The maximum Gasteiger partial charge on any atom is 0.322 e. The van der Waals surface area contributed by atoms with Gasteiger partial charge < -0.3 is 15.7 Å². The number of nitrogens with two attached hydrogens (primary N) is 1. The van der Waals surface area contributed by atoms with Gasteiger partial charge in [-0.2, -0.15) is 0 Å². The van der Waals surface area contributed by atoms with Crippen LogP contribution in [0.2, 0.25) is 0 Å². The van der Waals surface area contributed by atoms with Crippen LogP contribution in [0.15, 0.2) is 23.7 Å². The van der Waals surface area contributed by atoms with E-state index in [4.69, 9.17) is 5.73 Å². The van der Waals surface area contributed by atoms with Gasteiger partial charge in [-0.25, -0.2) is 0 Å². The van der Waals surface area contributed by atoms with Crippen LogP contribution in [0.4, 0.5) is 0 Å². The minimum atomic E-state index is -1.04. The number of hydrogen-bond acceptors (Lipinski definition) is 6. The maximum atomic E-state index is 11.8. The van der Waals surface area contributed by atoms with Gasteiger partial charge in [0.15, 0.2) is 0 Å². The third-order valence-corrected chi connectivity index (χ3v) is 6.88. The number of nitrogens with zero attached hydrogens (tertiary/aromatic N) is 2. The summed E-state index contributed by atoms with van der Waals surface area (Å²) in [5, 5.41) is 11.3. The van der Waals surface area contributed by atoms with Gasteiger partial charge in [0.05, 0.1) is 0 Å². The Balaban J connectivity index is 1.71. The SMILES string of the molecule is Cc1ccc(C=CSC2(C(=O)O)CS[C@@H]3C(N)C(=O)N3C2)cn1. The predicted molar refractivity (Wildman–Crippen MR) is 91.9 cm³/mol. The van der Waals surface area contributed by atoms with Crippen LogP contribution in [0.25, 0.3) is 6.08 Å². The van der Waals surface area contributed by atoms with E-state index < -0.39 is 16.8 Å². The summed E-state index contributed by atoms with van der Waals surface area (Å²) in [5.74, 6) is -0.653. The molecule has 2 unspecified atom stereocenters. The molecule has 2 aliphatic rings. The molecule has 3 atom stereocenters. The predicted octanol–water partition coefficient (Wildman–Crippen LogP) is 1.16. The molecule has 23 heavy (non-hydrogen) atoms. The van der Waals surface area contributed by atoms with Crippen molar-refractivity contribution in [2.45, 2.75) is 23.1 Å². The van der Waals surface area contributed by atoms with E-state index in [1.165, 1.54) is 23.5 Å². The van der Waals surface area contributed by atoms with Crippen LogP contribution < -0.4 is 5.73 Å². The number of rotatable bonds is 4. The molecule has 0 aliphatic carbocycles. The minimum absolute atomic E-state index is 0.0825. The van der Waals surface area contributed by atoms with Crippen molar-refractivity contribution in [3.63, 3.8) is 0 Å². The van der Waals surface area contributed by atoms with Crippen LogP contribution in [0.3, 0.4) is 0 Å². The molecule has 1 aromatic heterocycles. The van der Waals surface area contributed by atoms with E-state index >= 15 is 0 Å². The molecule has 6 nitrogen and oxygen atoms in total. The van der Waals surface area contributed by atoms with Crippen molar-refractivity contribution in [2.75, 3.05) is 12.3 Å². The number of fused-ring (bicyclic) bond motifs is 1. The number of β-lactam (4-membered cyclic amide) rings is 1. The van der Waals surface area contributed by atoms with Crippen LogP contribution >= 0.6 is 23.5 Å². The lowest BCUT2D eigenvalue weighted by molar-refractivity contribution is -0.148. The van der Waals surface area contributed by atoms with E-state index in [2.05, 4.69) is 4.98 Å². The highest BCUT2D eigenvalue weighted by Gasteiger charge is 2.55. The molecule has 3 rings (SSSR count). The van der Waals surface area contributed by atoms with E-state index in [1.54, 1.807) is 16.5 Å². The van der Waals surface area contributed by atoms with Gasteiger partial charge in [-0.3, -0.25) is 14.6 Å². The van der Waals surface area contributed by atoms with Crippen molar-refractivity contribution in [1.29, 1.82) is 0 Å². The Hall–Kier alpha value is -1.51. The molecule has 0 bridgehead atoms. The van der Waals surface area contributed by atoms with Crippen LogP contribution in [0.5, 0.6) is 0 Å². The number of carbonyl (C=O) groups is 2. The number of hydrogen-bond donors (Lipinski definition) is 2. The summed E-state index contributed by atoms with van der Waals surface area (Å²) >= 11 is 2.67. The van der Waals surface area contributed by atoms with Crippen molar-refractivity contribution in [1.82, 2.24) is 9.88 Å². The fourth-order valence-electron chi connectivity index (χ4n) is 2.52. The van der Waals surface area contributed by atoms with Gasteiger partial charge in [0.25, 0.3) is 0 Å². The largest absolute Gasteiger partial charge is 0.480 e. The van der Waals surface area contributed by atoms with E-state index in [1.807, 2.05) is 25.1 Å². The summed E-state index contributed by atoms with van der Waals surface area (Å²) in [7, 11) is 0. The molecule has 2 aliphatic heterocycles. The zero-order valence-electron chi connectivity index (χ0n) is 12.5. The average molecular weight is 351 g/mol. The number of carboxylic acids is 1. The second-order valence-electron chi connectivity index (χ2n) is 5.65. The molecule has 3 heterocycles. The van der Waals surface area contributed by atoms with Gasteiger partial charge in [-0.05, 0) is 30.0 Å². The minimum Gasteiger partial charge on any atom is -0.480 e. The Morgan fingerprint density at radius 1 is 1.61 bits per heavy atom. The molecule has 0 spiro atoms. The van der Waals surface area contributed by atoms with Crippen LogP contribution in [0.1, 0.15) is 11.3 Å². The first-order chi connectivity index (χ1) is 10.9. The van der Waals surface area contributed by atoms with E-state index in [0.29, 0.717) is 5.75 Å². The first-order valence-corrected chi connectivity index (χ1v) is 9.04. The summed E-state index contributed by atoms with van der Waals surface area (Å²) in [6.45, 7) is 2.10. The van der Waals surface area contributed by atoms with Gasteiger partial charge in [-0.1, -0.05) is 6.07 Å². The van der Waals surface area contributed by atoms with Crippen LogP contribution in [-0.4, -0.2) is 55.3 Å². The van der Waals surface area contributed by atoms with E-state index in [-0.39, 0.29) is 17.8 Å². The van der Waals surface area contributed by atoms with Crippen molar-refractivity contribution < 1.29 is 14.7 Å². The van der Waals surface area contributed by atoms with Crippen molar-refractivity contribution in [3.8, 4) is 0 Å². The fourth-order valence-corrected chi connectivity index (χ4v) is 5.14. The first kappa shape index (κ1) is 16.4. The third kappa shape index (κ3) is 2.98. The smallest absolute Gasteiger partial charge is 0.322 e. The maximum absolute atomic E-state index is 11.8. The lowest BCUT2D eigenvalue weighted by Gasteiger charge is -2.52. The second kappa shape index (κ2) is 6.18. The Morgan fingerprint density at radius 3 is 3.04 bits per heavy atom. The van der Waals surface area contributed by atoms with Gasteiger partial charge in [-0.15, -0.1) is 23.5 Å². The summed E-state index contributed by atoms with van der Waals surface area (Å²) in [6, 6.07) is 3.33. The standard InChI is InChI=1S/C15H17N3O3S2/c1-9-2-3-10(6-17-9)4-5-23-15(14(20)21)7-18-12(19)11(16)13(18)22-8-15/h2-6,11,13H,7-8,16H2,1H3,(H,20,21)/t11?,13-,15?/m1/s1. The van der Waals surface area contributed by atoms with Crippen molar-refractivity contribution in [3.05, 3.63) is 35.0 Å². The van der Waals surface area contributed by atoms with E-state index in [0.717, 1.165) is 11.3 Å². The zero-order chi connectivity index (χ0) is 16.6. The quantitative estimate of drug-likeness (QED) is 0.786. The van der Waals surface area contributed by atoms with Crippen LogP contribution in [-0.2, 0) is 9.59 Å². The number of carbonyl (C=O) groups excluding carboxylic acids is 1. The molecule has 8 heteroatoms. The van der Waals surface area contributed by atoms with Gasteiger partial charge in [0.2, 0.25) is 5.91 Å². The van der Waals surface area contributed by atoms with Crippen LogP contribution in [0, 0.1) is 6.92 Å². The Labute approximate surface area is 142 Å². The summed E-state index contributed by atoms with van der Waals surface area (Å²) in [5.41, 5.74) is 7.58. The number of pyridine rings is 1. The van der Waals surface area contributed by atoms with Gasteiger partial charge >= 0.3 is 5.97 Å². The molecule has 2 saturated heterocycles. The molecule has 3 N–H and O–H groups in total. The lowest BCUT2D eigenvalue weighted by Crippen LogP contribution is -2.73. The molecule has 0 radical (unpaired) electrons. The highest BCUT2D eigenvalue weighted by atomic mass is 32.2. The monoisotopic (exact) mass is 351 g/mol. The lowest BCUT2D eigenvalue weighted by atomic mass is 10.0. The first-order valence-electron chi connectivity index (χ1n) is 7.11.